The van der Waals surface area contributed by atoms with E-state index in [2.05, 4.69) is 13.0 Å². The zero-order chi connectivity index (χ0) is 22.5. The summed E-state index contributed by atoms with van der Waals surface area (Å²) in [6.07, 6.45) is 19.9. The maximum Gasteiger partial charge on any atom is 0.326 e. The van der Waals surface area contributed by atoms with Crippen LogP contribution in [0.1, 0.15) is 89.5 Å². The number of allylic oxidation sites excluding steroid dienone is 1. The van der Waals surface area contributed by atoms with Gasteiger partial charge in [-0.1, -0.05) is 101 Å². The summed E-state index contributed by atoms with van der Waals surface area (Å²) in [6.45, 7) is 4.27. The normalized spacial score (nSPS) is 21.3. The number of benzene rings is 1. The molecule has 2 rings (SSSR count). The van der Waals surface area contributed by atoms with Crippen LogP contribution in [0.3, 0.4) is 0 Å². The highest BCUT2D eigenvalue weighted by Gasteiger charge is 2.55. The third kappa shape index (κ3) is 8.89. The lowest BCUT2D eigenvalue weighted by Crippen LogP contribution is -2.16. The first-order valence-corrected chi connectivity index (χ1v) is 13.2. The average Bonchev–Trinajstić information content (AvgIpc) is 3.50. The third-order valence-corrected chi connectivity index (χ3v) is 7.50. The number of unbranched alkanes of at least 4 members (excludes halogenated alkanes) is 11. The summed E-state index contributed by atoms with van der Waals surface area (Å²) < 4.78 is 19.5. The van der Waals surface area contributed by atoms with Gasteiger partial charge in [-0.2, -0.15) is 4.31 Å². The van der Waals surface area contributed by atoms with E-state index in [0.717, 1.165) is 16.9 Å². The maximum absolute atomic E-state index is 12.9. The van der Waals surface area contributed by atoms with Crippen LogP contribution in [-0.4, -0.2) is 33.7 Å². The minimum absolute atomic E-state index is 0.137. The second-order valence-corrected chi connectivity index (χ2v) is 10.0. The number of nitrogens with zero attached hydrogens (tertiary/aromatic N) is 1. The Bertz CT molecular complexity index is 701. The number of hydrogen-bond acceptors (Lipinski definition) is 3. The first-order chi connectivity index (χ1) is 15.1. The van der Waals surface area contributed by atoms with Crippen LogP contribution in [0.2, 0.25) is 0 Å². The van der Waals surface area contributed by atoms with Crippen LogP contribution < -0.4 is 0 Å². The van der Waals surface area contributed by atoms with Gasteiger partial charge in [-0.15, -0.1) is 0 Å². The van der Waals surface area contributed by atoms with Crippen molar-refractivity contribution in [2.45, 2.75) is 108 Å². The Morgan fingerprint density at radius 3 is 2.06 bits per heavy atom. The standard InChI is InChI=1S/C26H41NO3S/c1-4-5-6-7-8-9-10-11-12-13-14-15-16-17-24-25(26(28)30-3)27(24)31(29)23-20-18-22(2)19-21-23/h16-21,24-25H,4-15H2,1-3H3/b17-16-/t24-,25-,27?,31+/m1/s1. The minimum atomic E-state index is -1.35. The summed E-state index contributed by atoms with van der Waals surface area (Å²) in [5, 5.41) is 0. The Kier molecular flexibility index (Phi) is 12.1. The molecule has 1 saturated heterocycles. The van der Waals surface area contributed by atoms with Crippen LogP contribution in [0, 0.1) is 6.92 Å². The molecule has 0 radical (unpaired) electrons. The minimum Gasteiger partial charge on any atom is -0.468 e. The molecule has 31 heavy (non-hydrogen) atoms. The molecule has 0 spiro atoms. The summed E-state index contributed by atoms with van der Waals surface area (Å²) in [5.41, 5.74) is 1.12. The van der Waals surface area contributed by atoms with E-state index in [0.29, 0.717) is 0 Å². The van der Waals surface area contributed by atoms with Crippen molar-refractivity contribution in [2.75, 3.05) is 7.11 Å². The van der Waals surface area contributed by atoms with Gasteiger partial charge >= 0.3 is 5.97 Å². The van der Waals surface area contributed by atoms with Crippen molar-refractivity contribution < 1.29 is 13.7 Å². The Hall–Kier alpha value is -1.46. The van der Waals surface area contributed by atoms with Gasteiger partial charge in [-0.3, -0.25) is 4.79 Å². The molecule has 1 heterocycles. The monoisotopic (exact) mass is 447 g/mol. The van der Waals surface area contributed by atoms with Gasteiger partial charge in [0.05, 0.1) is 18.0 Å². The fourth-order valence-corrected chi connectivity index (χ4v) is 5.32. The second-order valence-electron chi connectivity index (χ2n) is 8.63. The van der Waals surface area contributed by atoms with E-state index in [1.165, 1.54) is 77.7 Å². The van der Waals surface area contributed by atoms with Crippen molar-refractivity contribution in [3.63, 3.8) is 0 Å². The molecule has 0 aromatic heterocycles. The summed E-state index contributed by atoms with van der Waals surface area (Å²) >= 11 is 0. The fraction of sp³-hybridized carbons (Fsp3) is 0.654. The van der Waals surface area contributed by atoms with Crippen LogP contribution in [0.5, 0.6) is 0 Å². The van der Waals surface area contributed by atoms with E-state index in [1.807, 2.05) is 37.3 Å². The number of ether oxygens (including phenoxy) is 1. The molecule has 0 bridgehead atoms. The maximum atomic E-state index is 12.9. The van der Waals surface area contributed by atoms with Crippen molar-refractivity contribution in [3.05, 3.63) is 42.0 Å². The summed E-state index contributed by atoms with van der Waals surface area (Å²) in [5.74, 6) is -0.315. The number of aryl methyl sites for hydroxylation is 1. The van der Waals surface area contributed by atoms with Gasteiger partial charge in [0, 0.05) is 0 Å². The van der Waals surface area contributed by atoms with Gasteiger partial charge in [0.15, 0.2) is 0 Å². The number of rotatable bonds is 16. The molecule has 4 nitrogen and oxygen atoms in total. The van der Waals surface area contributed by atoms with Crippen molar-refractivity contribution in [1.29, 1.82) is 0 Å². The molecule has 4 atom stereocenters. The van der Waals surface area contributed by atoms with Crippen molar-refractivity contribution >= 4 is 17.0 Å². The van der Waals surface area contributed by atoms with Gasteiger partial charge in [0.1, 0.15) is 17.0 Å². The van der Waals surface area contributed by atoms with Crippen LogP contribution in [0.4, 0.5) is 0 Å². The molecule has 1 aliphatic rings. The molecular formula is C26H41NO3S. The van der Waals surface area contributed by atoms with Gasteiger partial charge in [-0.05, 0) is 31.9 Å². The number of methoxy groups -OCH3 is 1. The number of hydrogen-bond donors (Lipinski definition) is 0. The Labute approximate surface area is 192 Å². The Balaban J connectivity index is 1.64. The highest BCUT2D eigenvalue weighted by atomic mass is 32.2. The van der Waals surface area contributed by atoms with E-state index < -0.39 is 17.0 Å². The smallest absolute Gasteiger partial charge is 0.326 e. The van der Waals surface area contributed by atoms with Crippen LogP contribution >= 0.6 is 0 Å². The van der Waals surface area contributed by atoms with Gasteiger partial charge in [0.25, 0.3) is 0 Å². The zero-order valence-electron chi connectivity index (χ0n) is 19.7. The van der Waals surface area contributed by atoms with Crippen molar-refractivity contribution in [3.8, 4) is 0 Å². The molecule has 1 aromatic carbocycles. The molecule has 0 saturated carbocycles. The topological polar surface area (TPSA) is 46.4 Å². The fourth-order valence-electron chi connectivity index (χ4n) is 3.93. The largest absolute Gasteiger partial charge is 0.468 e. The molecule has 1 fully saturated rings. The highest BCUT2D eigenvalue weighted by Crippen LogP contribution is 2.35. The SMILES string of the molecule is CCCCCCCCCCCCC/C=C\[C@@H]1[C@H](C(=O)OC)N1[S@@](=O)c1ccc(C)cc1. The van der Waals surface area contributed by atoms with Gasteiger partial charge in [0.2, 0.25) is 0 Å². The lowest BCUT2D eigenvalue weighted by Gasteiger charge is -2.04. The van der Waals surface area contributed by atoms with E-state index in [-0.39, 0.29) is 12.0 Å². The molecule has 1 unspecified atom stereocenters. The van der Waals surface area contributed by atoms with Crippen LogP contribution in [0.15, 0.2) is 41.3 Å². The number of carbonyl (C=O) groups is 1. The van der Waals surface area contributed by atoms with Gasteiger partial charge < -0.3 is 4.74 Å². The van der Waals surface area contributed by atoms with Crippen LogP contribution in [-0.2, 0) is 20.5 Å². The summed E-state index contributed by atoms with van der Waals surface area (Å²) in [4.78, 5) is 12.8. The number of esters is 1. The first-order valence-electron chi connectivity index (χ1n) is 12.1. The van der Waals surface area contributed by atoms with E-state index in [4.69, 9.17) is 4.74 Å². The molecule has 0 amide bonds. The lowest BCUT2D eigenvalue weighted by molar-refractivity contribution is -0.140. The van der Waals surface area contributed by atoms with E-state index >= 15 is 0 Å². The lowest BCUT2D eigenvalue weighted by atomic mass is 10.1. The summed E-state index contributed by atoms with van der Waals surface area (Å²) in [6, 6.07) is 7.04. The third-order valence-electron chi connectivity index (χ3n) is 5.97. The van der Waals surface area contributed by atoms with Gasteiger partial charge in [-0.25, -0.2) is 4.21 Å². The molecule has 0 N–H and O–H groups in total. The predicted octanol–water partition coefficient (Wildman–Crippen LogP) is 6.50. The molecule has 5 heteroatoms. The average molecular weight is 448 g/mol. The quantitative estimate of drug-likeness (QED) is 0.126. The molecule has 1 aromatic rings. The number of carbonyl (C=O) groups excluding carboxylic acids is 1. The molecule has 174 valence electrons. The van der Waals surface area contributed by atoms with E-state index in [1.54, 1.807) is 4.31 Å². The highest BCUT2D eigenvalue weighted by molar-refractivity contribution is 7.83. The van der Waals surface area contributed by atoms with Crippen molar-refractivity contribution in [1.82, 2.24) is 4.31 Å². The second kappa shape index (κ2) is 14.6. The molecule has 0 aliphatic carbocycles. The molecular weight excluding hydrogens is 406 g/mol. The first kappa shape index (κ1) is 25.8. The van der Waals surface area contributed by atoms with Crippen LogP contribution in [0.25, 0.3) is 0 Å². The van der Waals surface area contributed by atoms with Crippen molar-refractivity contribution in [2.24, 2.45) is 0 Å². The Morgan fingerprint density at radius 2 is 1.52 bits per heavy atom. The van der Waals surface area contributed by atoms with E-state index in [9.17, 15) is 9.00 Å². The Morgan fingerprint density at radius 1 is 0.968 bits per heavy atom. The predicted molar refractivity (Wildman–Crippen MR) is 129 cm³/mol. The summed E-state index contributed by atoms with van der Waals surface area (Å²) in [7, 11) is 0.0384. The molecule has 1 aliphatic heterocycles. The zero-order valence-corrected chi connectivity index (χ0v) is 20.5.